The molecule has 0 aliphatic rings. The molecule has 0 amide bonds. The maximum atomic E-state index is 12.7. The lowest BCUT2D eigenvalue weighted by molar-refractivity contribution is 0.287. The second-order valence-electron chi connectivity index (χ2n) is 5.71. The zero-order valence-electron chi connectivity index (χ0n) is 15.8. The van der Waals surface area contributed by atoms with Crippen LogP contribution in [0.3, 0.4) is 0 Å². The smallest absolute Gasteiger partial charge is 0.241 e. The predicted molar refractivity (Wildman–Crippen MR) is 106 cm³/mol. The molecule has 2 aromatic rings. The van der Waals surface area contributed by atoms with E-state index in [9.17, 15) is 8.42 Å². The summed E-state index contributed by atoms with van der Waals surface area (Å²) >= 11 is 6.04. The van der Waals surface area contributed by atoms with Crippen LogP contribution in [-0.4, -0.2) is 28.7 Å². The number of ether oxygens (including phenoxy) is 3. The molecule has 0 spiro atoms. The van der Waals surface area contributed by atoms with Gasteiger partial charge in [0.25, 0.3) is 0 Å². The van der Waals surface area contributed by atoms with Gasteiger partial charge in [-0.25, -0.2) is 13.1 Å². The van der Waals surface area contributed by atoms with Gasteiger partial charge in [0.1, 0.15) is 5.75 Å². The van der Waals surface area contributed by atoms with Crippen LogP contribution in [-0.2, 0) is 10.0 Å². The van der Waals surface area contributed by atoms with E-state index in [-0.39, 0.29) is 9.92 Å². The van der Waals surface area contributed by atoms with E-state index >= 15 is 0 Å². The summed E-state index contributed by atoms with van der Waals surface area (Å²) in [6, 6.07) is 9.21. The second-order valence-corrected chi connectivity index (χ2v) is 7.83. The molecule has 0 fully saturated rings. The van der Waals surface area contributed by atoms with Crippen molar-refractivity contribution in [2.75, 3.05) is 20.3 Å². The summed E-state index contributed by atoms with van der Waals surface area (Å²) in [5.41, 5.74) is 0.755. The van der Waals surface area contributed by atoms with Crippen molar-refractivity contribution in [3.63, 3.8) is 0 Å². The van der Waals surface area contributed by atoms with Gasteiger partial charge in [0.05, 0.1) is 30.2 Å². The Kier molecular flexibility index (Phi) is 7.35. The maximum Gasteiger partial charge on any atom is 0.241 e. The molecule has 0 unspecified atom stereocenters. The van der Waals surface area contributed by atoms with Crippen molar-refractivity contribution in [2.24, 2.45) is 0 Å². The quantitative estimate of drug-likeness (QED) is 0.667. The monoisotopic (exact) mass is 413 g/mol. The molecule has 0 saturated heterocycles. The summed E-state index contributed by atoms with van der Waals surface area (Å²) in [6.07, 6.45) is 0. The highest BCUT2D eigenvalue weighted by Gasteiger charge is 2.21. The Morgan fingerprint density at radius 1 is 1.00 bits per heavy atom. The van der Waals surface area contributed by atoms with Gasteiger partial charge in [-0.1, -0.05) is 17.7 Å². The molecule has 0 aliphatic carbocycles. The van der Waals surface area contributed by atoms with E-state index in [0.717, 1.165) is 5.56 Å². The summed E-state index contributed by atoms with van der Waals surface area (Å²) in [5, 5.41) is 0.229. The molecule has 0 radical (unpaired) electrons. The zero-order chi connectivity index (χ0) is 20.0. The average molecular weight is 414 g/mol. The van der Waals surface area contributed by atoms with E-state index in [1.54, 1.807) is 19.1 Å². The highest BCUT2D eigenvalue weighted by molar-refractivity contribution is 7.89. The number of hydrogen-bond acceptors (Lipinski definition) is 5. The molecule has 1 atom stereocenters. The van der Waals surface area contributed by atoms with E-state index in [2.05, 4.69) is 4.72 Å². The Bertz CT molecular complexity index is 886. The van der Waals surface area contributed by atoms with Crippen molar-refractivity contribution >= 4 is 21.6 Å². The Hall–Kier alpha value is -1.96. The molecule has 2 aromatic carbocycles. The Labute approximate surface area is 165 Å². The fraction of sp³-hybridized carbons (Fsp3) is 0.368. The van der Waals surface area contributed by atoms with E-state index < -0.39 is 16.1 Å². The number of nitrogens with one attached hydrogen (secondary N) is 1. The highest BCUT2D eigenvalue weighted by Crippen LogP contribution is 2.32. The number of hydrogen-bond donors (Lipinski definition) is 1. The molecule has 0 aromatic heterocycles. The van der Waals surface area contributed by atoms with Crippen LogP contribution >= 0.6 is 11.6 Å². The zero-order valence-corrected chi connectivity index (χ0v) is 17.4. The molecule has 2 rings (SSSR count). The van der Waals surface area contributed by atoms with E-state index in [1.165, 1.54) is 25.3 Å². The third kappa shape index (κ3) is 5.28. The van der Waals surface area contributed by atoms with Crippen molar-refractivity contribution in [2.45, 2.75) is 31.7 Å². The number of sulfonamides is 1. The Morgan fingerprint density at radius 2 is 1.63 bits per heavy atom. The topological polar surface area (TPSA) is 73.9 Å². The van der Waals surface area contributed by atoms with Gasteiger partial charge in [-0.2, -0.15) is 0 Å². The van der Waals surface area contributed by atoms with Gasteiger partial charge in [-0.3, -0.25) is 0 Å². The van der Waals surface area contributed by atoms with E-state index in [4.69, 9.17) is 25.8 Å². The molecule has 0 saturated carbocycles. The third-order valence-electron chi connectivity index (χ3n) is 3.83. The second kappa shape index (κ2) is 9.30. The van der Waals surface area contributed by atoms with Gasteiger partial charge in [-0.15, -0.1) is 0 Å². The van der Waals surface area contributed by atoms with Gasteiger partial charge < -0.3 is 14.2 Å². The van der Waals surface area contributed by atoms with Crippen molar-refractivity contribution in [3.05, 3.63) is 47.0 Å². The summed E-state index contributed by atoms with van der Waals surface area (Å²) in [4.78, 5) is 0.0659. The standard InChI is InChI=1S/C19H24ClNO5S/c1-5-25-18-9-7-14(11-19(18)26-6-2)13(3)21-27(22,23)15-8-10-17(24-4)16(20)12-15/h7-13,21H,5-6H2,1-4H3/t13-/m1/s1. The lowest BCUT2D eigenvalue weighted by Gasteiger charge is -2.18. The summed E-state index contributed by atoms with van der Waals surface area (Å²) in [5.74, 6) is 1.62. The Balaban J connectivity index is 2.26. The number of methoxy groups -OCH3 is 1. The van der Waals surface area contributed by atoms with Crippen LogP contribution in [0.25, 0.3) is 0 Å². The molecule has 0 heterocycles. The minimum atomic E-state index is -3.76. The molecule has 1 N–H and O–H groups in total. The SMILES string of the molecule is CCOc1ccc([C@@H](C)NS(=O)(=O)c2ccc(OC)c(Cl)c2)cc1OCC. The third-order valence-corrected chi connectivity index (χ3v) is 5.67. The van der Waals surface area contributed by atoms with Gasteiger partial charge in [0.15, 0.2) is 11.5 Å². The molecule has 27 heavy (non-hydrogen) atoms. The average Bonchev–Trinajstić information content (AvgIpc) is 2.63. The lowest BCUT2D eigenvalue weighted by Crippen LogP contribution is -2.27. The Morgan fingerprint density at radius 3 is 2.22 bits per heavy atom. The highest BCUT2D eigenvalue weighted by atomic mass is 35.5. The van der Waals surface area contributed by atoms with Crippen LogP contribution in [0.1, 0.15) is 32.4 Å². The van der Waals surface area contributed by atoms with Crippen LogP contribution in [0.15, 0.2) is 41.3 Å². The molecule has 148 valence electrons. The van der Waals surface area contributed by atoms with Gasteiger partial charge in [0.2, 0.25) is 10.0 Å². The van der Waals surface area contributed by atoms with E-state index in [1.807, 2.05) is 19.9 Å². The first-order valence-corrected chi connectivity index (χ1v) is 10.4. The molecule has 6 nitrogen and oxygen atoms in total. The van der Waals surface area contributed by atoms with Crippen molar-refractivity contribution in [1.29, 1.82) is 0 Å². The van der Waals surface area contributed by atoms with Crippen molar-refractivity contribution in [1.82, 2.24) is 4.72 Å². The van der Waals surface area contributed by atoms with Crippen LogP contribution in [0.5, 0.6) is 17.2 Å². The minimum absolute atomic E-state index is 0.0659. The largest absolute Gasteiger partial charge is 0.495 e. The molecule has 8 heteroatoms. The first-order chi connectivity index (χ1) is 12.8. The first kappa shape index (κ1) is 21.3. The van der Waals surface area contributed by atoms with Crippen LogP contribution < -0.4 is 18.9 Å². The van der Waals surface area contributed by atoms with Crippen LogP contribution in [0, 0.1) is 0 Å². The number of halogens is 1. The fourth-order valence-electron chi connectivity index (χ4n) is 2.52. The number of benzene rings is 2. The van der Waals surface area contributed by atoms with Crippen molar-refractivity contribution in [3.8, 4) is 17.2 Å². The number of rotatable bonds is 9. The predicted octanol–water partition coefficient (Wildman–Crippen LogP) is 4.19. The molecule has 0 bridgehead atoms. The first-order valence-electron chi connectivity index (χ1n) is 8.57. The van der Waals surface area contributed by atoms with Gasteiger partial charge in [-0.05, 0) is 56.7 Å². The van der Waals surface area contributed by atoms with Crippen LogP contribution in [0.2, 0.25) is 5.02 Å². The minimum Gasteiger partial charge on any atom is -0.495 e. The summed E-state index contributed by atoms with van der Waals surface area (Å²) in [7, 11) is -2.29. The van der Waals surface area contributed by atoms with E-state index in [0.29, 0.717) is 30.5 Å². The molecular formula is C19H24ClNO5S. The molecule has 0 aliphatic heterocycles. The van der Waals surface area contributed by atoms with Crippen molar-refractivity contribution < 1.29 is 22.6 Å². The fourth-order valence-corrected chi connectivity index (χ4v) is 4.10. The van der Waals surface area contributed by atoms with Crippen LogP contribution in [0.4, 0.5) is 0 Å². The van der Waals surface area contributed by atoms with Gasteiger partial charge >= 0.3 is 0 Å². The lowest BCUT2D eigenvalue weighted by atomic mass is 10.1. The molecular weight excluding hydrogens is 390 g/mol. The summed E-state index contributed by atoms with van der Waals surface area (Å²) < 4.78 is 44.2. The summed E-state index contributed by atoms with van der Waals surface area (Å²) in [6.45, 7) is 6.52. The normalized spacial score (nSPS) is 12.5. The maximum absolute atomic E-state index is 12.7. The van der Waals surface area contributed by atoms with Gasteiger partial charge in [0, 0.05) is 6.04 Å².